The highest BCUT2D eigenvalue weighted by atomic mass is 32.1. The van der Waals surface area contributed by atoms with E-state index in [9.17, 15) is 4.79 Å². The van der Waals surface area contributed by atoms with E-state index in [-0.39, 0.29) is 5.91 Å². The predicted molar refractivity (Wildman–Crippen MR) is 114 cm³/mol. The first kappa shape index (κ1) is 18.8. The largest absolute Gasteiger partial charge is 0.333 e. The second kappa shape index (κ2) is 8.62. The Labute approximate surface area is 171 Å². The van der Waals surface area contributed by atoms with Crippen LogP contribution in [0, 0.1) is 0 Å². The Morgan fingerprint density at radius 1 is 1.07 bits per heavy atom. The van der Waals surface area contributed by atoms with Gasteiger partial charge in [-0.15, -0.1) is 0 Å². The molecule has 0 bridgehead atoms. The molecule has 0 aliphatic heterocycles. The lowest BCUT2D eigenvalue weighted by Crippen LogP contribution is -2.07. The first-order chi connectivity index (χ1) is 14.2. The number of nitrogens with one attached hydrogen (secondary N) is 1. The molecule has 1 N–H and O–H groups in total. The van der Waals surface area contributed by atoms with Gasteiger partial charge < -0.3 is 4.52 Å². The Bertz CT molecular complexity index is 1130. The smallest absolute Gasteiger partial charge is 0.270 e. The highest BCUT2D eigenvalue weighted by Gasteiger charge is 2.19. The van der Waals surface area contributed by atoms with Crippen molar-refractivity contribution < 1.29 is 9.32 Å². The summed E-state index contributed by atoms with van der Waals surface area (Å²) in [6, 6.07) is 19.3. The number of nitrogens with zero attached hydrogens (tertiary/aromatic N) is 3. The van der Waals surface area contributed by atoms with Crippen molar-refractivity contribution in [1.82, 2.24) is 15.1 Å². The summed E-state index contributed by atoms with van der Waals surface area (Å²) in [5.41, 5.74) is 2.64. The fourth-order valence-corrected chi connectivity index (χ4v) is 3.69. The molecule has 7 heteroatoms. The third-order valence-corrected chi connectivity index (χ3v) is 5.14. The van der Waals surface area contributed by atoms with Crippen LogP contribution in [0.5, 0.6) is 0 Å². The lowest BCUT2D eigenvalue weighted by atomic mass is 10.2. The van der Waals surface area contributed by atoms with Crippen LogP contribution in [-0.2, 0) is 11.2 Å². The molecular formula is C22H18N4O2S. The molecule has 4 rings (SSSR count). The minimum absolute atomic E-state index is 0.243. The molecule has 0 aliphatic carbocycles. The fraction of sp³-hybridized carbons (Fsp3) is 0.0909. The van der Waals surface area contributed by atoms with Crippen LogP contribution in [-0.4, -0.2) is 21.0 Å². The number of carbonyl (C=O) groups excluding carboxylic acids is 1. The van der Waals surface area contributed by atoms with Crippen LogP contribution in [0.15, 0.2) is 71.3 Å². The lowest BCUT2D eigenvalue weighted by molar-refractivity contribution is -0.111. The number of carbonyl (C=O) groups is 1. The van der Waals surface area contributed by atoms with E-state index in [1.165, 1.54) is 17.4 Å². The average molecular weight is 402 g/mol. The van der Waals surface area contributed by atoms with Gasteiger partial charge in [0.1, 0.15) is 4.88 Å². The molecule has 2 aromatic carbocycles. The Kier molecular flexibility index (Phi) is 5.58. The zero-order chi connectivity index (χ0) is 20.1. The third kappa shape index (κ3) is 4.47. The van der Waals surface area contributed by atoms with Gasteiger partial charge in [0.05, 0.1) is 5.69 Å². The highest BCUT2D eigenvalue weighted by molar-refractivity contribution is 7.19. The second-order valence-corrected chi connectivity index (χ2v) is 7.17. The predicted octanol–water partition coefficient (Wildman–Crippen LogP) is 5.07. The number of anilines is 1. The molecule has 2 heterocycles. The molecule has 2 aromatic heterocycles. The zero-order valence-electron chi connectivity index (χ0n) is 15.7. The topological polar surface area (TPSA) is 80.9 Å². The number of rotatable bonds is 6. The minimum Gasteiger partial charge on any atom is -0.333 e. The fourth-order valence-electron chi connectivity index (χ4n) is 2.72. The molecule has 0 aliphatic rings. The summed E-state index contributed by atoms with van der Waals surface area (Å²) in [6.07, 6.45) is 3.93. The van der Waals surface area contributed by atoms with Crippen molar-refractivity contribution in [3.05, 3.63) is 78.0 Å². The summed E-state index contributed by atoms with van der Waals surface area (Å²) < 4.78 is 5.45. The molecule has 29 heavy (non-hydrogen) atoms. The van der Waals surface area contributed by atoms with E-state index < -0.39 is 0 Å². The maximum atomic E-state index is 12.2. The van der Waals surface area contributed by atoms with E-state index in [4.69, 9.17) is 4.52 Å². The third-order valence-electron chi connectivity index (χ3n) is 4.14. The molecule has 0 fully saturated rings. The van der Waals surface area contributed by atoms with E-state index >= 15 is 0 Å². The van der Waals surface area contributed by atoms with Crippen molar-refractivity contribution in [2.75, 3.05) is 5.32 Å². The average Bonchev–Trinajstić information content (AvgIpc) is 3.40. The van der Waals surface area contributed by atoms with E-state index in [1.807, 2.05) is 67.6 Å². The Morgan fingerprint density at radius 3 is 2.52 bits per heavy atom. The number of amides is 1. The van der Waals surface area contributed by atoms with Crippen LogP contribution in [0.4, 0.5) is 5.13 Å². The van der Waals surface area contributed by atoms with Crippen LogP contribution in [0.1, 0.15) is 18.2 Å². The molecule has 0 spiro atoms. The molecule has 0 saturated heterocycles. The first-order valence-corrected chi connectivity index (χ1v) is 9.98. The van der Waals surface area contributed by atoms with Gasteiger partial charge >= 0.3 is 0 Å². The monoisotopic (exact) mass is 402 g/mol. The summed E-state index contributed by atoms with van der Waals surface area (Å²) in [4.78, 5) is 22.0. The van der Waals surface area contributed by atoms with Gasteiger partial charge in [0.25, 0.3) is 5.89 Å². The van der Waals surface area contributed by atoms with Gasteiger partial charge in [-0.25, -0.2) is 4.98 Å². The molecule has 0 radical (unpaired) electrons. The molecule has 0 saturated carbocycles. The highest BCUT2D eigenvalue weighted by Crippen LogP contribution is 2.33. The van der Waals surface area contributed by atoms with Crippen LogP contribution < -0.4 is 5.32 Å². The second-order valence-electron chi connectivity index (χ2n) is 6.17. The van der Waals surface area contributed by atoms with Crippen LogP contribution in [0.3, 0.4) is 0 Å². The van der Waals surface area contributed by atoms with E-state index in [0.29, 0.717) is 23.3 Å². The lowest BCUT2D eigenvalue weighted by Gasteiger charge is -1.95. The normalized spacial score (nSPS) is 11.1. The van der Waals surface area contributed by atoms with Gasteiger partial charge in [0, 0.05) is 11.6 Å². The van der Waals surface area contributed by atoms with Gasteiger partial charge in [0.15, 0.2) is 5.13 Å². The maximum absolute atomic E-state index is 12.2. The molecule has 144 valence electrons. The number of aromatic nitrogens is 3. The first-order valence-electron chi connectivity index (χ1n) is 9.16. The maximum Gasteiger partial charge on any atom is 0.270 e. The quantitative estimate of drug-likeness (QED) is 0.455. The Balaban J connectivity index is 1.52. The van der Waals surface area contributed by atoms with E-state index in [2.05, 4.69) is 20.4 Å². The molecule has 1 amide bonds. The minimum atomic E-state index is -0.243. The number of thiazole rings is 1. The van der Waals surface area contributed by atoms with Gasteiger partial charge in [-0.3, -0.25) is 10.1 Å². The van der Waals surface area contributed by atoms with Crippen molar-refractivity contribution in [3.8, 4) is 22.2 Å². The molecule has 0 unspecified atom stereocenters. The molecular weight excluding hydrogens is 384 g/mol. The standard InChI is InChI=1S/C22H18N4O2S/c1-2-17-19(21-25-20(26-28-21)16-11-7-4-8-12-16)29-22(23-17)24-18(27)14-13-15-9-5-3-6-10-15/h3-14H,2H2,1H3,(H,23,24,27). The van der Waals surface area contributed by atoms with Crippen molar-refractivity contribution in [2.24, 2.45) is 0 Å². The number of hydrogen-bond acceptors (Lipinski definition) is 6. The van der Waals surface area contributed by atoms with Crippen LogP contribution >= 0.6 is 11.3 Å². The van der Waals surface area contributed by atoms with Gasteiger partial charge in [0.2, 0.25) is 11.7 Å². The van der Waals surface area contributed by atoms with Gasteiger partial charge in [-0.1, -0.05) is 84.1 Å². The molecule has 0 atom stereocenters. The molecule has 6 nitrogen and oxygen atoms in total. The molecule has 4 aromatic rings. The van der Waals surface area contributed by atoms with Crippen molar-refractivity contribution in [2.45, 2.75) is 13.3 Å². The zero-order valence-corrected chi connectivity index (χ0v) is 16.5. The van der Waals surface area contributed by atoms with E-state index in [1.54, 1.807) is 6.08 Å². The summed E-state index contributed by atoms with van der Waals surface area (Å²) in [5.74, 6) is 0.679. The summed E-state index contributed by atoms with van der Waals surface area (Å²) in [5, 5.41) is 7.37. The summed E-state index contributed by atoms with van der Waals surface area (Å²) in [7, 11) is 0. The number of hydrogen-bond donors (Lipinski definition) is 1. The SMILES string of the molecule is CCc1nc(NC(=O)C=Cc2ccccc2)sc1-c1nc(-c2ccccc2)no1. The number of benzene rings is 2. The Hall–Kier alpha value is -3.58. The van der Waals surface area contributed by atoms with Crippen LogP contribution in [0.2, 0.25) is 0 Å². The van der Waals surface area contributed by atoms with Crippen molar-refractivity contribution in [1.29, 1.82) is 0 Å². The Morgan fingerprint density at radius 2 is 1.79 bits per heavy atom. The van der Waals surface area contributed by atoms with Gasteiger partial charge in [-0.05, 0) is 18.1 Å². The number of aryl methyl sites for hydroxylation is 1. The summed E-state index contributed by atoms with van der Waals surface area (Å²) >= 11 is 1.32. The van der Waals surface area contributed by atoms with Crippen molar-refractivity contribution >= 4 is 28.5 Å². The van der Waals surface area contributed by atoms with Crippen LogP contribution in [0.25, 0.3) is 28.2 Å². The summed E-state index contributed by atoms with van der Waals surface area (Å²) in [6.45, 7) is 1.99. The van der Waals surface area contributed by atoms with Gasteiger partial charge in [-0.2, -0.15) is 4.98 Å². The van der Waals surface area contributed by atoms with Crippen molar-refractivity contribution in [3.63, 3.8) is 0 Å². The van der Waals surface area contributed by atoms with E-state index in [0.717, 1.165) is 21.7 Å².